The SMILES string of the molecule is NC(=S)C12CC3C(Oc4ccccc4)C1CC3(c1ccccc1)C2. The largest absolute Gasteiger partial charge is 0.490 e. The fraction of sp³-hybridized carbons (Fsp3) is 0.381. The molecular weight excluding hydrogens is 314 g/mol. The zero-order valence-corrected chi connectivity index (χ0v) is 14.3. The molecule has 2 aromatic carbocycles. The van der Waals surface area contributed by atoms with Gasteiger partial charge in [0, 0.05) is 22.7 Å². The highest BCUT2D eigenvalue weighted by Crippen LogP contribution is 2.76. The highest BCUT2D eigenvalue weighted by Gasteiger charge is 2.77. The van der Waals surface area contributed by atoms with Gasteiger partial charge in [-0.3, -0.25) is 0 Å². The third-order valence-corrected chi connectivity index (χ3v) is 7.27. The lowest BCUT2D eigenvalue weighted by Crippen LogP contribution is -2.41. The summed E-state index contributed by atoms with van der Waals surface area (Å²) in [5.74, 6) is 1.91. The van der Waals surface area contributed by atoms with Crippen LogP contribution in [0.15, 0.2) is 60.7 Å². The van der Waals surface area contributed by atoms with Gasteiger partial charge in [0.1, 0.15) is 11.9 Å². The molecule has 4 aliphatic rings. The second-order valence-electron chi connectivity index (χ2n) is 7.74. The van der Waals surface area contributed by atoms with Crippen LogP contribution in [0.5, 0.6) is 5.75 Å². The van der Waals surface area contributed by atoms with Gasteiger partial charge >= 0.3 is 0 Å². The molecule has 122 valence electrons. The van der Waals surface area contributed by atoms with E-state index in [0.717, 1.165) is 25.0 Å². The molecule has 4 saturated carbocycles. The second kappa shape index (κ2) is 4.82. The van der Waals surface area contributed by atoms with Gasteiger partial charge < -0.3 is 10.5 Å². The van der Waals surface area contributed by atoms with E-state index < -0.39 is 0 Å². The summed E-state index contributed by atoms with van der Waals surface area (Å²) in [6.45, 7) is 0. The van der Waals surface area contributed by atoms with E-state index in [-0.39, 0.29) is 16.9 Å². The van der Waals surface area contributed by atoms with Gasteiger partial charge in [-0.25, -0.2) is 0 Å². The molecule has 0 aliphatic heterocycles. The average Bonchev–Trinajstić information content (AvgIpc) is 3.30. The van der Waals surface area contributed by atoms with Crippen molar-refractivity contribution in [3.05, 3.63) is 66.2 Å². The van der Waals surface area contributed by atoms with E-state index in [1.54, 1.807) is 0 Å². The lowest BCUT2D eigenvalue weighted by molar-refractivity contribution is 0.110. The maximum Gasteiger partial charge on any atom is 0.119 e. The van der Waals surface area contributed by atoms with Gasteiger partial charge in [-0.15, -0.1) is 0 Å². The Kier molecular flexibility index (Phi) is 2.91. The first-order valence-electron chi connectivity index (χ1n) is 8.73. The van der Waals surface area contributed by atoms with Crippen LogP contribution in [0.1, 0.15) is 24.8 Å². The van der Waals surface area contributed by atoms with Crippen molar-refractivity contribution in [2.24, 2.45) is 23.0 Å². The third kappa shape index (κ3) is 1.68. The van der Waals surface area contributed by atoms with E-state index >= 15 is 0 Å². The monoisotopic (exact) mass is 335 g/mol. The van der Waals surface area contributed by atoms with Crippen LogP contribution in [-0.2, 0) is 5.41 Å². The minimum Gasteiger partial charge on any atom is -0.490 e. The molecule has 24 heavy (non-hydrogen) atoms. The maximum atomic E-state index is 6.47. The fourth-order valence-electron chi connectivity index (χ4n) is 5.98. The van der Waals surface area contributed by atoms with Crippen molar-refractivity contribution in [2.75, 3.05) is 0 Å². The Bertz CT molecular complexity index is 792. The lowest BCUT2D eigenvalue weighted by Gasteiger charge is -2.34. The molecule has 2 aromatic rings. The molecule has 0 radical (unpaired) electrons. The molecular formula is C21H21NOS. The number of benzene rings is 2. The van der Waals surface area contributed by atoms with Crippen molar-refractivity contribution >= 4 is 17.2 Å². The van der Waals surface area contributed by atoms with Crippen molar-refractivity contribution < 1.29 is 4.74 Å². The van der Waals surface area contributed by atoms with E-state index in [2.05, 4.69) is 30.3 Å². The molecule has 0 spiro atoms. The Hall–Kier alpha value is -1.87. The van der Waals surface area contributed by atoms with Gasteiger partial charge in [0.2, 0.25) is 0 Å². The number of para-hydroxylation sites is 1. The van der Waals surface area contributed by atoms with E-state index in [0.29, 0.717) is 16.8 Å². The molecule has 0 saturated heterocycles. The summed E-state index contributed by atoms with van der Waals surface area (Å²) in [7, 11) is 0. The topological polar surface area (TPSA) is 35.2 Å². The van der Waals surface area contributed by atoms with E-state index in [9.17, 15) is 0 Å². The molecule has 6 rings (SSSR count). The molecule has 4 bridgehead atoms. The van der Waals surface area contributed by atoms with Crippen LogP contribution >= 0.6 is 12.2 Å². The number of rotatable bonds is 4. The molecule has 2 N–H and O–H groups in total. The molecule has 4 aliphatic carbocycles. The zero-order valence-electron chi connectivity index (χ0n) is 13.5. The Balaban J connectivity index is 1.56. The predicted octanol–water partition coefficient (Wildman–Crippen LogP) is 4.09. The van der Waals surface area contributed by atoms with Crippen LogP contribution in [0.2, 0.25) is 0 Å². The van der Waals surface area contributed by atoms with Gasteiger partial charge in [-0.1, -0.05) is 60.7 Å². The summed E-state index contributed by atoms with van der Waals surface area (Å²) < 4.78 is 6.47. The average molecular weight is 335 g/mol. The molecule has 0 amide bonds. The fourth-order valence-corrected chi connectivity index (χ4v) is 6.29. The first-order chi connectivity index (χ1) is 11.7. The number of thiocarbonyl (C=S) groups is 1. The van der Waals surface area contributed by atoms with Crippen molar-refractivity contribution in [2.45, 2.75) is 30.8 Å². The standard InChI is InChI=1S/C21H21NOS/c22-19(24)21-12-16-18(23-15-9-5-2-6-10-15)17(21)11-20(16,13-21)14-7-3-1-4-8-14/h1-10,16-18H,11-13H2,(H2,22,24). The molecule has 4 fully saturated rings. The van der Waals surface area contributed by atoms with Crippen LogP contribution in [0.25, 0.3) is 0 Å². The predicted molar refractivity (Wildman–Crippen MR) is 99.0 cm³/mol. The van der Waals surface area contributed by atoms with Gasteiger partial charge in [0.25, 0.3) is 0 Å². The van der Waals surface area contributed by atoms with Crippen molar-refractivity contribution in [3.63, 3.8) is 0 Å². The quantitative estimate of drug-likeness (QED) is 0.855. The molecule has 0 heterocycles. The number of nitrogens with two attached hydrogens (primary N) is 1. The number of hydrogen-bond donors (Lipinski definition) is 1. The first kappa shape index (κ1) is 14.5. The summed E-state index contributed by atoms with van der Waals surface area (Å²) in [6, 6.07) is 21.1. The summed E-state index contributed by atoms with van der Waals surface area (Å²) >= 11 is 5.54. The van der Waals surface area contributed by atoms with Gasteiger partial charge in [0.05, 0.1) is 4.99 Å². The van der Waals surface area contributed by atoms with Crippen molar-refractivity contribution in [1.29, 1.82) is 0 Å². The molecule has 5 unspecified atom stereocenters. The van der Waals surface area contributed by atoms with Crippen LogP contribution in [0, 0.1) is 17.3 Å². The molecule has 0 aromatic heterocycles. The summed E-state index contributed by atoms with van der Waals surface area (Å²) in [5.41, 5.74) is 7.88. The van der Waals surface area contributed by atoms with Crippen LogP contribution in [0.4, 0.5) is 0 Å². The van der Waals surface area contributed by atoms with Gasteiger partial charge in [-0.2, -0.15) is 0 Å². The van der Waals surface area contributed by atoms with E-state index in [1.807, 2.05) is 30.3 Å². The summed E-state index contributed by atoms with van der Waals surface area (Å²) in [4.78, 5) is 0.701. The molecule has 2 nitrogen and oxygen atoms in total. The Morgan fingerprint density at radius 2 is 1.62 bits per heavy atom. The lowest BCUT2D eigenvalue weighted by atomic mass is 9.74. The minimum atomic E-state index is -0.00467. The van der Waals surface area contributed by atoms with Gasteiger partial charge in [0.15, 0.2) is 0 Å². The third-order valence-electron chi connectivity index (χ3n) is 6.87. The second-order valence-corrected chi connectivity index (χ2v) is 8.18. The smallest absolute Gasteiger partial charge is 0.119 e. The van der Waals surface area contributed by atoms with Crippen LogP contribution < -0.4 is 10.5 Å². The first-order valence-corrected chi connectivity index (χ1v) is 9.14. The van der Waals surface area contributed by atoms with E-state index in [4.69, 9.17) is 22.7 Å². The van der Waals surface area contributed by atoms with Crippen LogP contribution in [-0.4, -0.2) is 11.1 Å². The Morgan fingerprint density at radius 1 is 0.958 bits per heavy atom. The summed E-state index contributed by atoms with van der Waals surface area (Å²) in [5, 5.41) is 0. The highest BCUT2D eigenvalue weighted by molar-refractivity contribution is 7.80. The summed E-state index contributed by atoms with van der Waals surface area (Å²) in [6.07, 6.45) is 3.56. The van der Waals surface area contributed by atoms with E-state index in [1.165, 1.54) is 5.56 Å². The Labute approximate surface area is 148 Å². The van der Waals surface area contributed by atoms with Crippen LogP contribution in [0.3, 0.4) is 0 Å². The number of ether oxygens (including phenoxy) is 1. The van der Waals surface area contributed by atoms with Gasteiger partial charge in [-0.05, 0) is 37.0 Å². The molecule has 3 heteroatoms. The van der Waals surface area contributed by atoms with Crippen molar-refractivity contribution in [3.8, 4) is 5.75 Å². The maximum absolute atomic E-state index is 6.47. The normalized spacial score (nSPS) is 38.6. The highest BCUT2D eigenvalue weighted by atomic mass is 32.1. The zero-order chi connectivity index (χ0) is 16.4. The molecule has 5 atom stereocenters. The Morgan fingerprint density at radius 3 is 2.25 bits per heavy atom. The minimum absolute atomic E-state index is 0.00467. The van der Waals surface area contributed by atoms with Crippen molar-refractivity contribution in [1.82, 2.24) is 0 Å². The number of hydrogen-bond acceptors (Lipinski definition) is 2.